The highest BCUT2D eigenvalue weighted by Crippen LogP contribution is 2.16. The lowest BCUT2D eigenvalue weighted by Crippen LogP contribution is -2.33. The molecule has 3 rings (SSSR count). The smallest absolute Gasteiger partial charge is 0.251 e. The van der Waals surface area contributed by atoms with Crippen LogP contribution in [0.5, 0.6) is 5.75 Å². The van der Waals surface area contributed by atoms with Crippen molar-refractivity contribution < 1.29 is 13.9 Å². The molecule has 0 spiro atoms. The third kappa shape index (κ3) is 5.99. The summed E-state index contributed by atoms with van der Waals surface area (Å²) in [7, 11) is 1.59. The molecule has 152 valence electrons. The highest BCUT2D eigenvalue weighted by molar-refractivity contribution is 7.09. The minimum absolute atomic E-state index is 0.0112. The van der Waals surface area contributed by atoms with Gasteiger partial charge < -0.3 is 15.4 Å². The van der Waals surface area contributed by atoms with Crippen LogP contribution in [0.2, 0.25) is 0 Å². The van der Waals surface area contributed by atoms with E-state index in [2.05, 4.69) is 20.0 Å². The van der Waals surface area contributed by atoms with E-state index in [4.69, 9.17) is 4.74 Å². The van der Waals surface area contributed by atoms with E-state index < -0.39 is 0 Å². The van der Waals surface area contributed by atoms with Crippen LogP contribution in [0.3, 0.4) is 0 Å². The second-order valence-electron chi connectivity index (χ2n) is 6.60. The lowest BCUT2D eigenvalue weighted by Gasteiger charge is -2.14. The Hall–Kier alpha value is -3.00. The molecular formula is C21H23FN4O2S. The van der Waals surface area contributed by atoms with Crippen LogP contribution < -0.4 is 15.4 Å². The molecule has 0 fully saturated rings. The SMILES string of the molecule is COc1ccc(C(=O)NC(C)CCNc2nc(Cc3ccccc3F)ns2)cc1. The van der Waals surface area contributed by atoms with Crippen molar-refractivity contribution in [2.75, 3.05) is 19.0 Å². The van der Waals surface area contributed by atoms with Crippen LogP contribution in [0.15, 0.2) is 48.5 Å². The normalized spacial score (nSPS) is 11.7. The van der Waals surface area contributed by atoms with Crippen molar-refractivity contribution in [3.8, 4) is 5.75 Å². The van der Waals surface area contributed by atoms with Gasteiger partial charge in [0.1, 0.15) is 17.4 Å². The maximum Gasteiger partial charge on any atom is 0.251 e. The predicted molar refractivity (Wildman–Crippen MR) is 112 cm³/mol. The molecule has 0 aliphatic carbocycles. The molecule has 1 atom stereocenters. The molecule has 0 aliphatic rings. The molecule has 1 unspecified atom stereocenters. The molecule has 0 radical (unpaired) electrons. The van der Waals surface area contributed by atoms with Crippen molar-refractivity contribution in [2.24, 2.45) is 0 Å². The summed E-state index contributed by atoms with van der Waals surface area (Å²) in [6, 6.07) is 13.6. The van der Waals surface area contributed by atoms with Crippen LogP contribution in [0.4, 0.5) is 9.52 Å². The number of methoxy groups -OCH3 is 1. The number of rotatable bonds is 9. The van der Waals surface area contributed by atoms with Crippen molar-refractivity contribution in [1.82, 2.24) is 14.7 Å². The van der Waals surface area contributed by atoms with Gasteiger partial charge in [-0.3, -0.25) is 4.79 Å². The number of amides is 1. The number of halogens is 1. The second-order valence-corrected chi connectivity index (χ2v) is 7.35. The van der Waals surface area contributed by atoms with E-state index in [1.807, 2.05) is 6.92 Å². The van der Waals surface area contributed by atoms with Gasteiger partial charge in [-0.15, -0.1) is 0 Å². The van der Waals surface area contributed by atoms with Crippen LogP contribution in [-0.4, -0.2) is 35.0 Å². The summed E-state index contributed by atoms with van der Waals surface area (Å²) < 4.78 is 23.1. The van der Waals surface area contributed by atoms with Gasteiger partial charge in [0.25, 0.3) is 5.91 Å². The molecule has 29 heavy (non-hydrogen) atoms. The first-order valence-corrected chi connectivity index (χ1v) is 10.1. The zero-order valence-corrected chi connectivity index (χ0v) is 17.1. The van der Waals surface area contributed by atoms with Gasteiger partial charge in [-0.1, -0.05) is 18.2 Å². The fraction of sp³-hybridized carbons (Fsp3) is 0.286. The van der Waals surface area contributed by atoms with Gasteiger partial charge in [0.15, 0.2) is 0 Å². The van der Waals surface area contributed by atoms with Gasteiger partial charge in [-0.05, 0) is 49.2 Å². The fourth-order valence-electron chi connectivity index (χ4n) is 2.73. The Morgan fingerprint density at radius 3 is 2.69 bits per heavy atom. The highest BCUT2D eigenvalue weighted by Gasteiger charge is 2.11. The summed E-state index contributed by atoms with van der Waals surface area (Å²) in [5.74, 6) is 0.926. The summed E-state index contributed by atoms with van der Waals surface area (Å²) in [4.78, 5) is 16.7. The van der Waals surface area contributed by atoms with Gasteiger partial charge in [-0.25, -0.2) is 9.37 Å². The molecule has 6 nitrogen and oxygen atoms in total. The number of benzene rings is 2. The molecular weight excluding hydrogens is 391 g/mol. The van der Waals surface area contributed by atoms with Crippen molar-refractivity contribution in [3.05, 3.63) is 71.3 Å². The minimum atomic E-state index is -0.252. The Kier molecular flexibility index (Phi) is 7.13. The first kappa shape index (κ1) is 20.7. The van der Waals surface area contributed by atoms with Crippen molar-refractivity contribution in [3.63, 3.8) is 0 Å². The number of anilines is 1. The summed E-state index contributed by atoms with van der Waals surface area (Å²) in [5, 5.41) is 6.86. The van der Waals surface area contributed by atoms with E-state index in [9.17, 15) is 9.18 Å². The molecule has 3 aromatic rings. The highest BCUT2D eigenvalue weighted by atomic mass is 32.1. The molecule has 0 saturated carbocycles. The van der Waals surface area contributed by atoms with Gasteiger partial charge in [0.05, 0.1) is 7.11 Å². The lowest BCUT2D eigenvalue weighted by atomic mass is 10.1. The van der Waals surface area contributed by atoms with Crippen molar-refractivity contribution in [1.29, 1.82) is 0 Å². The molecule has 2 aromatic carbocycles. The zero-order valence-electron chi connectivity index (χ0n) is 16.3. The quantitative estimate of drug-likeness (QED) is 0.555. The van der Waals surface area contributed by atoms with Crippen molar-refractivity contribution >= 4 is 22.6 Å². The molecule has 0 saturated heterocycles. The molecule has 0 aliphatic heterocycles. The largest absolute Gasteiger partial charge is 0.497 e. The fourth-order valence-corrected chi connectivity index (χ4v) is 3.34. The van der Waals surface area contributed by atoms with Gasteiger partial charge in [-0.2, -0.15) is 4.37 Å². The Balaban J connectivity index is 1.43. The monoisotopic (exact) mass is 414 g/mol. The maximum absolute atomic E-state index is 13.7. The number of hydrogen-bond acceptors (Lipinski definition) is 6. The average Bonchev–Trinajstić information content (AvgIpc) is 3.17. The zero-order chi connectivity index (χ0) is 20.6. The third-order valence-electron chi connectivity index (χ3n) is 4.36. The Labute approximate surface area is 173 Å². The van der Waals surface area contributed by atoms with E-state index in [-0.39, 0.29) is 17.8 Å². The lowest BCUT2D eigenvalue weighted by molar-refractivity contribution is 0.0939. The van der Waals surface area contributed by atoms with Gasteiger partial charge in [0, 0.05) is 36.1 Å². The van der Waals surface area contributed by atoms with E-state index in [0.29, 0.717) is 40.8 Å². The molecule has 1 amide bonds. The number of hydrogen-bond donors (Lipinski definition) is 2. The van der Waals surface area contributed by atoms with E-state index >= 15 is 0 Å². The molecule has 1 aromatic heterocycles. The summed E-state index contributed by atoms with van der Waals surface area (Å²) in [5.41, 5.74) is 1.17. The topological polar surface area (TPSA) is 76.1 Å². The van der Waals surface area contributed by atoms with Crippen LogP contribution in [0, 0.1) is 5.82 Å². The minimum Gasteiger partial charge on any atom is -0.497 e. The maximum atomic E-state index is 13.7. The van der Waals surface area contributed by atoms with Gasteiger partial charge >= 0.3 is 0 Å². The first-order chi connectivity index (χ1) is 14.0. The van der Waals surface area contributed by atoms with Gasteiger partial charge in [0.2, 0.25) is 5.13 Å². The van der Waals surface area contributed by atoms with E-state index in [1.54, 1.807) is 49.6 Å². The third-order valence-corrected chi connectivity index (χ3v) is 5.07. The predicted octanol–water partition coefficient (Wildman–Crippen LogP) is 3.90. The summed E-state index contributed by atoms with van der Waals surface area (Å²) in [6.07, 6.45) is 1.09. The van der Waals surface area contributed by atoms with Crippen molar-refractivity contribution in [2.45, 2.75) is 25.8 Å². The average molecular weight is 415 g/mol. The Bertz CT molecular complexity index is 946. The summed E-state index contributed by atoms with van der Waals surface area (Å²) in [6.45, 7) is 2.59. The number of nitrogens with one attached hydrogen (secondary N) is 2. The van der Waals surface area contributed by atoms with E-state index in [0.717, 1.165) is 6.42 Å². The number of aromatic nitrogens is 2. The van der Waals surface area contributed by atoms with E-state index in [1.165, 1.54) is 17.6 Å². The standard InChI is InChI=1S/C21H23FN4O2S/c1-14(24-20(27)15-7-9-17(28-2)10-8-15)11-12-23-21-25-19(26-29-21)13-16-5-3-4-6-18(16)22/h3-10,14H,11-13H2,1-2H3,(H,24,27)(H,23,25,26). The second kappa shape index (κ2) is 9.97. The number of ether oxygens (including phenoxy) is 1. The summed E-state index contributed by atoms with van der Waals surface area (Å²) >= 11 is 1.25. The van der Waals surface area contributed by atoms with Crippen LogP contribution in [-0.2, 0) is 6.42 Å². The Morgan fingerprint density at radius 1 is 1.21 bits per heavy atom. The van der Waals surface area contributed by atoms with Crippen LogP contribution >= 0.6 is 11.5 Å². The number of nitrogens with zero attached hydrogens (tertiary/aromatic N) is 2. The number of carbonyl (C=O) groups is 1. The number of carbonyl (C=O) groups excluding carboxylic acids is 1. The molecule has 2 N–H and O–H groups in total. The molecule has 0 bridgehead atoms. The Morgan fingerprint density at radius 2 is 1.97 bits per heavy atom. The van der Waals surface area contributed by atoms with Crippen LogP contribution in [0.25, 0.3) is 0 Å². The molecule has 8 heteroatoms. The molecule has 1 heterocycles. The van der Waals surface area contributed by atoms with Crippen LogP contribution in [0.1, 0.15) is 35.1 Å². The first-order valence-electron chi connectivity index (χ1n) is 9.30.